The summed E-state index contributed by atoms with van der Waals surface area (Å²) in [6, 6.07) is 7.31. The number of carbonyl (C=O) groups excluding carboxylic acids is 2. The second-order valence-corrected chi connectivity index (χ2v) is 4.23. The third-order valence-electron chi connectivity index (χ3n) is 2.41. The van der Waals surface area contributed by atoms with Crippen LogP contribution >= 0.6 is 11.6 Å². The molecule has 6 heteroatoms. The van der Waals surface area contributed by atoms with Gasteiger partial charge in [0.1, 0.15) is 0 Å². The molecule has 1 aromatic carbocycles. The fourth-order valence-corrected chi connectivity index (χ4v) is 1.55. The van der Waals surface area contributed by atoms with E-state index in [-0.39, 0.29) is 24.9 Å². The number of nitrogens with two attached hydrogens (primary N) is 1. The van der Waals surface area contributed by atoms with Crippen LogP contribution in [-0.4, -0.2) is 36.9 Å². The topological polar surface area (TPSA) is 75.4 Å². The molecule has 0 aromatic heterocycles. The first-order valence-corrected chi connectivity index (χ1v) is 5.86. The van der Waals surface area contributed by atoms with Crippen LogP contribution in [0.4, 0.5) is 0 Å². The number of carbonyl (C=O) groups is 2. The van der Waals surface area contributed by atoms with Crippen LogP contribution in [0, 0.1) is 0 Å². The number of amides is 2. The van der Waals surface area contributed by atoms with Gasteiger partial charge in [-0.2, -0.15) is 0 Å². The van der Waals surface area contributed by atoms with Crippen molar-refractivity contribution in [2.45, 2.75) is 6.54 Å². The zero-order chi connectivity index (χ0) is 13.5. The van der Waals surface area contributed by atoms with Crippen molar-refractivity contribution >= 4 is 23.4 Å². The molecule has 0 bridgehead atoms. The third-order valence-corrected chi connectivity index (χ3v) is 2.78. The predicted octanol–water partition coefficient (Wildman–Crippen LogP) is 0.373. The lowest BCUT2D eigenvalue weighted by Gasteiger charge is -2.18. The first-order valence-electron chi connectivity index (χ1n) is 5.48. The van der Waals surface area contributed by atoms with Gasteiger partial charge < -0.3 is 16.0 Å². The number of likely N-dealkylation sites (N-methyl/N-ethyl adjacent to an activating group) is 1. The molecule has 0 aliphatic rings. The van der Waals surface area contributed by atoms with Crippen molar-refractivity contribution in [3.05, 3.63) is 34.9 Å². The van der Waals surface area contributed by atoms with E-state index >= 15 is 0 Å². The average Bonchev–Trinajstić information content (AvgIpc) is 2.38. The van der Waals surface area contributed by atoms with Crippen molar-refractivity contribution in [1.82, 2.24) is 10.2 Å². The Balaban J connectivity index is 2.50. The average molecular weight is 270 g/mol. The summed E-state index contributed by atoms with van der Waals surface area (Å²) in [4.78, 5) is 24.1. The highest BCUT2D eigenvalue weighted by atomic mass is 35.5. The fourth-order valence-electron chi connectivity index (χ4n) is 1.35. The van der Waals surface area contributed by atoms with Gasteiger partial charge in [-0.1, -0.05) is 29.8 Å². The van der Waals surface area contributed by atoms with Gasteiger partial charge in [0, 0.05) is 18.6 Å². The summed E-state index contributed by atoms with van der Waals surface area (Å²) in [5, 5.41) is 3.04. The lowest BCUT2D eigenvalue weighted by molar-refractivity contribution is -0.131. The van der Waals surface area contributed by atoms with Crippen LogP contribution in [0.2, 0.25) is 5.02 Å². The summed E-state index contributed by atoms with van der Waals surface area (Å²) in [5.74, 6) is -0.550. The minimum atomic E-state index is -0.352. The van der Waals surface area contributed by atoms with Gasteiger partial charge in [0.05, 0.1) is 13.1 Å². The number of nitrogens with zero attached hydrogens (tertiary/aromatic N) is 1. The van der Waals surface area contributed by atoms with E-state index in [1.54, 1.807) is 13.1 Å². The van der Waals surface area contributed by atoms with Crippen LogP contribution in [0.25, 0.3) is 0 Å². The van der Waals surface area contributed by atoms with Crippen molar-refractivity contribution in [1.29, 1.82) is 0 Å². The van der Waals surface area contributed by atoms with E-state index in [9.17, 15) is 9.59 Å². The minimum Gasteiger partial charge on any atom is -0.346 e. The molecule has 0 saturated carbocycles. The van der Waals surface area contributed by atoms with E-state index in [1.807, 2.05) is 18.2 Å². The Morgan fingerprint density at radius 2 is 2.06 bits per heavy atom. The van der Waals surface area contributed by atoms with Crippen LogP contribution in [0.3, 0.4) is 0 Å². The summed E-state index contributed by atoms with van der Waals surface area (Å²) in [7, 11) is 1.65. The molecule has 0 spiro atoms. The zero-order valence-electron chi connectivity index (χ0n) is 10.1. The van der Waals surface area contributed by atoms with Crippen molar-refractivity contribution in [3.8, 4) is 0 Å². The number of hydrogen-bond donors (Lipinski definition) is 2. The van der Waals surface area contributed by atoms with Crippen LogP contribution in [0.15, 0.2) is 24.3 Å². The van der Waals surface area contributed by atoms with E-state index in [2.05, 4.69) is 5.32 Å². The molecule has 0 radical (unpaired) electrons. The molecule has 0 atom stereocenters. The molecule has 1 rings (SSSR count). The lowest BCUT2D eigenvalue weighted by atomic mass is 10.2. The highest BCUT2D eigenvalue weighted by molar-refractivity contribution is 6.31. The highest BCUT2D eigenvalue weighted by Gasteiger charge is 2.11. The molecule has 2 amide bonds. The Bertz CT molecular complexity index is 437. The molecule has 0 aliphatic heterocycles. The molecule has 3 N–H and O–H groups in total. The monoisotopic (exact) mass is 269 g/mol. The zero-order valence-corrected chi connectivity index (χ0v) is 10.9. The maximum atomic E-state index is 11.7. The number of nitrogens with one attached hydrogen (secondary N) is 1. The Labute approximate surface area is 111 Å². The van der Waals surface area contributed by atoms with E-state index in [0.29, 0.717) is 11.6 Å². The van der Waals surface area contributed by atoms with Crippen LogP contribution in [0.5, 0.6) is 0 Å². The Hall–Kier alpha value is -1.59. The molecular formula is C12H16ClN3O2. The Kier molecular flexibility index (Phi) is 5.61. The van der Waals surface area contributed by atoms with Crippen LogP contribution in [-0.2, 0) is 16.1 Å². The lowest BCUT2D eigenvalue weighted by Crippen LogP contribution is -2.40. The van der Waals surface area contributed by atoms with Crippen molar-refractivity contribution in [2.24, 2.45) is 5.73 Å². The standard InChI is InChI=1S/C12H16ClN3O2/c1-16(12(18)7-15-11(17)6-14)8-9-4-2-3-5-10(9)13/h2-5H,6-8,14H2,1H3,(H,15,17). The van der Waals surface area contributed by atoms with Gasteiger partial charge >= 0.3 is 0 Å². The summed E-state index contributed by atoms with van der Waals surface area (Å²) < 4.78 is 0. The number of rotatable bonds is 5. The molecule has 0 heterocycles. The molecule has 98 valence electrons. The quantitative estimate of drug-likeness (QED) is 0.811. The fraction of sp³-hybridized carbons (Fsp3) is 0.333. The van der Waals surface area contributed by atoms with Gasteiger partial charge in [-0.25, -0.2) is 0 Å². The van der Waals surface area contributed by atoms with Crippen LogP contribution in [0.1, 0.15) is 5.56 Å². The number of benzene rings is 1. The summed E-state index contributed by atoms with van der Waals surface area (Å²) in [6.07, 6.45) is 0. The molecule has 18 heavy (non-hydrogen) atoms. The molecular weight excluding hydrogens is 254 g/mol. The first-order chi connectivity index (χ1) is 8.54. The van der Waals surface area contributed by atoms with Gasteiger partial charge in [-0.05, 0) is 11.6 Å². The SMILES string of the molecule is CN(Cc1ccccc1Cl)C(=O)CNC(=O)CN. The van der Waals surface area contributed by atoms with E-state index < -0.39 is 0 Å². The van der Waals surface area contributed by atoms with E-state index in [0.717, 1.165) is 5.56 Å². The minimum absolute atomic E-state index is 0.0585. The second-order valence-electron chi connectivity index (χ2n) is 3.82. The predicted molar refractivity (Wildman–Crippen MR) is 70.0 cm³/mol. The molecule has 0 fully saturated rings. The smallest absolute Gasteiger partial charge is 0.242 e. The Morgan fingerprint density at radius 3 is 2.67 bits per heavy atom. The summed E-state index contributed by atoms with van der Waals surface area (Å²) >= 11 is 6.00. The Morgan fingerprint density at radius 1 is 1.39 bits per heavy atom. The van der Waals surface area contributed by atoms with E-state index in [1.165, 1.54) is 4.90 Å². The maximum absolute atomic E-state index is 11.7. The molecule has 5 nitrogen and oxygen atoms in total. The number of hydrogen-bond acceptors (Lipinski definition) is 3. The first kappa shape index (κ1) is 14.5. The molecule has 1 aromatic rings. The molecule has 0 saturated heterocycles. The maximum Gasteiger partial charge on any atom is 0.242 e. The van der Waals surface area contributed by atoms with Crippen molar-refractivity contribution < 1.29 is 9.59 Å². The summed E-state index contributed by atoms with van der Waals surface area (Å²) in [5.41, 5.74) is 5.98. The number of halogens is 1. The van der Waals surface area contributed by atoms with Crippen molar-refractivity contribution in [3.63, 3.8) is 0 Å². The molecule has 0 unspecified atom stereocenters. The van der Waals surface area contributed by atoms with Gasteiger partial charge in [-0.15, -0.1) is 0 Å². The van der Waals surface area contributed by atoms with Gasteiger partial charge in [0.25, 0.3) is 0 Å². The second kappa shape index (κ2) is 6.98. The summed E-state index contributed by atoms with van der Waals surface area (Å²) in [6.45, 7) is 0.218. The largest absolute Gasteiger partial charge is 0.346 e. The van der Waals surface area contributed by atoms with Crippen molar-refractivity contribution in [2.75, 3.05) is 20.1 Å². The highest BCUT2D eigenvalue weighted by Crippen LogP contribution is 2.16. The third kappa shape index (κ3) is 4.35. The van der Waals surface area contributed by atoms with Gasteiger partial charge in [-0.3, -0.25) is 9.59 Å². The molecule has 0 aliphatic carbocycles. The van der Waals surface area contributed by atoms with Gasteiger partial charge in [0.15, 0.2) is 0 Å². The van der Waals surface area contributed by atoms with Crippen LogP contribution < -0.4 is 11.1 Å². The normalized spacial score (nSPS) is 9.94. The van der Waals surface area contributed by atoms with Gasteiger partial charge in [0.2, 0.25) is 11.8 Å². The van der Waals surface area contributed by atoms with E-state index in [4.69, 9.17) is 17.3 Å².